The van der Waals surface area contributed by atoms with Gasteiger partial charge in [-0.15, -0.1) is 11.3 Å². The maximum Gasteiger partial charge on any atom is 0.261 e. The van der Waals surface area contributed by atoms with E-state index >= 15 is 0 Å². The van der Waals surface area contributed by atoms with E-state index in [1.54, 1.807) is 0 Å². The van der Waals surface area contributed by atoms with E-state index in [1.165, 1.54) is 11.3 Å². The molecule has 1 heterocycles. The molecule has 2 N–H and O–H groups in total. The van der Waals surface area contributed by atoms with E-state index in [1.807, 2.05) is 43.3 Å². The summed E-state index contributed by atoms with van der Waals surface area (Å²) in [6, 6.07) is 11.5. The second-order valence-electron chi connectivity index (χ2n) is 4.57. The number of carbonyl (C=O) groups is 1. The van der Waals surface area contributed by atoms with E-state index in [9.17, 15) is 4.79 Å². The molecular weight excluding hydrogens is 282 g/mol. The zero-order valence-electron chi connectivity index (χ0n) is 11.8. The molecule has 1 aromatic carbocycles. The summed E-state index contributed by atoms with van der Waals surface area (Å²) in [6.07, 6.45) is 0.484. The van der Waals surface area contributed by atoms with Gasteiger partial charge in [0, 0.05) is 23.4 Å². The fourth-order valence-electron chi connectivity index (χ4n) is 1.75. The van der Waals surface area contributed by atoms with Crippen LogP contribution in [0.1, 0.15) is 32.1 Å². The Bertz CT molecular complexity index is 662. The van der Waals surface area contributed by atoms with E-state index in [4.69, 9.17) is 5.11 Å². The van der Waals surface area contributed by atoms with Crippen LogP contribution in [0.5, 0.6) is 0 Å². The van der Waals surface area contributed by atoms with E-state index < -0.39 is 0 Å². The van der Waals surface area contributed by atoms with E-state index in [-0.39, 0.29) is 12.5 Å². The second kappa shape index (κ2) is 7.63. The summed E-state index contributed by atoms with van der Waals surface area (Å²) in [5.74, 6) is 5.81. The van der Waals surface area contributed by atoms with Crippen LogP contribution in [0, 0.1) is 18.8 Å². The number of aryl methyl sites for hydroxylation is 1. The third-order valence-electron chi connectivity index (χ3n) is 2.84. The average Bonchev–Trinajstić information content (AvgIpc) is 2.93. The van der Waals surface area contributed by atoms with Crippen molar-refractivity contribution in [3.8, 4) is 11.8 Å². The predicted molar refractivity (Wildman–Crippen MR) is 85.2 cm³/mol. The first-order chi connectivity index (χ1) is 10.2. The van der Waals surface area contributed by atoms with Crippen molar-refractivity contribution in [2.45, 2.75) is 19.9 Å². The van der Waals surface area contributed by atoms with Crippen LogP contribution in [0.15, 0.2) is 36.4 Å². The normalized spacial score (nSPS) is 9.81. The summed E-state index contributed by atoms with van der Waals surface area (Å²) in [4.78, 5) is 13.8. The fourth-order valence-corrected chi connectivity index (χ4v) is 2.54. The molecule has 0 radical (unpaired) electrons. The highest BCUT2D eigenvalue weighted by atomic mass is 32.1. The maximum absolute atomic E-state index is 11.9. The maximum atomic E-state index is 11.9. The Morgan fingerprint density at radius 3 is 2.62 bits per heavy atom. The van der Waals surface area contributed by atoms with Gasteiger partial charge in [-0.2, -0.15) is 0 Å². The SMILES string of the molecule is Cc1ccc(C(=O)NCc2ccc(C#CCCO)cc2)s1. The zero-order valence-corrected chi connectivity index (χ0v) is 12.7. The second-order valence-corrected chi connectivity index (χ2v) is 5.85. The number of hydrogen-bond donors (Lipinski definition) is 2. The molecule has 1 aromatic heterocycles. The Morgan fingerprint density at radius 1 is 1.24 bits per heavy atom. The van der Waals surface area contributed by atoms with Gasteiger partial charge in [-0.25, -0.2) is 0 Å². The van der Waals surface area contributed by atoms with E-state index in [2.05, 4.69) is 17.2 Å². The molecule has 21 heavy (non-hydrogen) atoms. The molecule has 0 unspecified atom stereocenters. The minimum atomic E-state index is -0.0417. The largest absolute Gasteiger partial charge is 0.395 e. The Labute approximate surface area is 128 Å². The molecule has 0 aliphatic heterocycles. The van der Waals surface area contributed by atoms with Crippen molar-refractivity contribution in [3.05, 3.63) is 57.3 Å². The molecule has 2 aromatic rings. The smallest absolute Gasteiger partial charge is 0.261 e. The quantitative estimate of drug-likeness (QED) is 0.853. The third-order valence-corrected chi connectivity index (χ3v) is 3.84. The highest BCUT2D eigenvalue weighted by Gasteiger charge is 2.07. The van der Waals surface area contributed by atoms with E-state index in [0.29, 0.717) is 13.0 Å². The number of rotatable bonds is 4. The van der Waals surface area contributed by atoms with Gasteiger partial charge in [-0.1, -0.05) is 24.0 Å². The minimum Gasteiger partial charge on any atom is -0.395 e. The monoisotopic (exact) mass is 299 g/mol. The molecule has 0 aliphatic rings. The van der Waals surface area contributed by atoms with Crippen molar-refractivity contribution in [2.75, 3.05) is 6.61 Å². The van der Waals surface area contributed by atoms with Crippen LogP contribution >= 0.6 is 11.3 Å². The first-order valence-electron chi connectivity index (χ1n) is 6.72. The molecule has 0 saturated heterocycles. The van der Waals surface area contributed by atoms with Crippen molar-refractivity contribution in [3.63, 3.8) is 0 Å². The van der Waals surface area contributed by atoms with Crippen LogP contribution in [0.2, 0.25) is 0 Å². The lowest BCUT2D eigenvalue weighted by molar-refractivity contribution is 0.0955. The van der Waals surface area contributed by atoms with Crippen LogP contribution in [0.3, 0.4) is 0 Å². The van der Waals surface area contributed by atoms with Crippen LogP contribution < -0.4 is 5.32 Å². The lowest BCUT2D eigenvalue weighted by atomic mass is 10.1. The number of aliphatic hydroxyl groups excluding tert-OH is 1. The summed E-state index contributed by atoms with van der Waals surface area (Å²) < 4.78 is 0. The van der Waals surface area contributed by atoms with Gasteiger partial charge in [0.15, 0.2) is 0 Å². The summed E-state index contributed by atoms with van der Waals surface area (Å²) in [5.41, 5.74) is 1.94. The van der Waals surface area contributed by atoms with Gasteiger partial charge >= 0.3 is 0 Å². The van der Waals surface area contributed by atoms with Gasteiger partial charge in [0.05, 0.1) is 11.5 Å². The molecule has 4 heteroatoms. The molecule has 1 amide bonds. The van der Waals surface area contributed by atoms with E-state index in [0.717, 1.165) is 20.9 Å². The molecule has 0 spiro atoms. The zero-order chi connectivity index (χ0) is 15.1. The Morgan fingerprint density at radius 2 is 2.00 bits per heavy atom. The third kappa shape index (κ3) is 4.75. The van der Waals surface area contributed by atoms with Gasteiger partial charge in [0.1, 0.15) is 0 Å². The Kier molecular flexibility index (Phi) is 5.56. The van der Waals surface area contributed by atoms with Gasteiger partial charge in [0.25, 0.3) is 5.91 Å². The van der Waals surface area contributed by atoms with Gasteiger partial charge < -0.3 is 10.4 Å². The number of amides is 1. The van der Waals surface area contributed by atoms with Gasteiger partial charge in [-0.05, 0) is 36.8 Å². The first-order valence-corrected chi connectivity index (χ1v) is 7.54. The first kappa shape index (κ1) is 15.3. The molecular formula is C17H17NO2S. The molecule has 0 fully saturated rings. The Balaban J connectivity index is 1.89. The molecule has 0 atom stereocenters. The van der Waals surface area contributed by atoms with Gasteiger partial charge in [0.2, 0.25) is 0 Å². The number of nitrogens with one attached hydrogen (secondary N) is 1. The number of aliphatic hydroxyl groups is 1. The molecule has 0 saturated carbocycles. The highest BCUT2D eigenvalue weighted by molar-refractivity contribution is 7.13. The summed E-state index contributed by atoms with van der Waals surface area (Å²) in [6.45, 7) is 2.57. The molecule has 0 bridgehead atoms. The molecule has 108 valence electrons. The summed E-state index contributed by atoms with van der Waals surface area (Å²) in [7, 11) is 0. The minimum absolute atomic E-state index is 0.0417. The van der Waals surface area contributed by atoms with Crippen molar-refractivity contribution in [1.29, 1.82) is 0 Å². The van der Waals surface area contributed by atoms with Crippen LogP contribution in [-0.2, 0) is 6.54 Å². The van der Waals surface area contributed by atoms with Crippen LogP contribution in [0.4, 0.5) is 0 Å². The van der Waals surface area contributed by atoms with Crippen molar-refractivity contribution in [1.82, 2.24) is 5.32 Å². The van der Waals surface area contributed by atoms with Crippen molar-refractivity contribution >= 4 is 17.2 Å². The molecule has 0 aliphatic carbocycles. The van der Waals surface area contributed by atoms with Crippen molar-refractivity contribution < 1.29 is 9.90 Å². The molecule has 3 nitrogen and oxygen atoms in total. The topological polar surface area (TPSA) is 49.3 Å². The van der Waals surface area contributed by atoms with Gasteiger partial charge in [-0.3, -0.25) is 4.79 Å². The number of benzene rings is 1. The fraction of sp³-hybridized carbons (Fsp3) is 0.235. The molecule has 2 rings (SSSR count). The predicted octanol–water partition coefficient (Wildman–Crippen LogP) is 2.72. The summed E-state index contributed by atoms with van der Waals surface area (Å²) >= 11 is 1.49. The van der Waals surface area contributed by atoms with Crippen LogP contribution in [0.25, 0.3) is 0 Å². The average molecular weight is 299 g/mol. The van der Waals surface area contributed by atoms with Crippen LogP contribution in [-0.4, -0.2) is 17.6 Å². The van der Waals surface area contributed by atoms with Crippen molar-refractivity contribution in [2.24, 2.45) is 0 Å². The number of carbonyl (C=O) groups excluding carboxylic acids is 1. The lowest BCUT2D eigenvalue weighted by Crippen LogP contribution is -2.21. The summed E-state index contributed by atoms with van der Waals surface area (Å²) in [5, 5.41) is 11.6. The number of hydrogen-bond acceptors (Lipinski definition) is 3. The lowest BCUT2D eigenvalue weighted by Gasteiger charge is -2.04. The number of thiophene rings is 1. The standard InChI is InChI=1S/C17H17NO2S/c1-13-5-10-16(21-13)17(20)18-12-15-8-6-14(7-9-15)4-2-3-11-19/h5-10,19H,3,11-12H2,1H3,(H,18,20). The Hall–Kier alpha value is -2.09. The highest BCUT2D eigenvalue weighted by Crippen LogP contribution is 2.14.